The molecule has 2 N–H and O–H groups in total. The van der Waals surface area contributed by atoms with Crippen LogP contribution in [0.1, 0.15) is 22.4 Å². The summed E-state index contributed by atoms with van der Waals surface area (Å²) < 4.78 is 5.27. The van der Waals surface area contributed by atoms with Crippen molar-refractivity contribution in [2.45, 2.75) is 13.3 Å². The lowest BCUT2D eigenvalue weighted by Gasteiger charge is -2.06. The molecule has 0 atom stereocenters. The number of rotatable bonds is 7. The highest BCUT2D eigenvalue weighted by Gasteiger charge is 2.08. The van der Waals surface area contributed by atoms with Gasteiger partial charge >= 0.3 is 5.97 Å². The molecule has 2 aromatic rings. The highest BCUT2D eigenvalue weighted by molar-refractivity contribution is 7.09. The van der Waals surface area contributed by atoms with E-state index in [1.807, 2.05) is 6.92 Å². The number of carboxylic acid groups (broad SMARTS) is 1. The Morgan fingerprint density at radius 1 is 1.50 bits per heavy atom. The van der Waals surface area contributed by atoms with Crippen LogP contribution in [0.3, 0.4) is 0 Å². The average molecular weight is 294 g/mol. The van der Waals surface area contributed by atoms with Crippen molar-refractivity contribution in [1.29, 1.82) is 0 Å². The zero-order valence-corrected chi connectivity index (χ0v) is 11.7. The Bertz CT molecular complexity index is 588. The zero-order chi connectivity index (χ0) is 14.4. The number of aromatic carboxylic acids is 1. The van der Waals surface area contributed by atoms with E-state index in [0.29, 0.717) is 31.3 Å². The van der Waals surface area contributed by atoms with E-state index in [9.17, 15) is 4.79 Å². The topological polar surface area (TPSA) is 97.2 Å². The number of thiazole rings is 1. The fourth-order valence-corrected chi connectivity index (χ4v) is 2.26. The highest BCUT2D eigenvalue weighted by atomic mass is 32.1. The number of hydrogen-bond acceptors (Lipinski definition) is 7. The summed E-state index contributed by atoms with van der Waals surface area (Å²) in [5.74, 6) is 0.184. The standard InChI is InChI=1S/C12H14N4O3S/c1-2-19-10-5-9(14-7-15-10)13-4-3-11-16-8(6-20-11)12(17)18/h5-7H,2-4H2,1H3,(H,17,18)(H,13,14,15). The van der Waals surface area contributed by atoms with Crippen LogP contribution in [0, 0.1) is 0 Å². The summed E-state index contributed by atoms with van der Waals surface area (Å²) in [5.41, 5.74) is 0.0886. The second-order valence-electron chi connectivity index (χ2n) is 3.78. The van der Waals surface area contributed by atoms with Crippen LogP contribution < -0.4 is 10.1 Å². The third-order valence-electron chi connectivity index (χ3n) is 2.35. The van der Waals surface area contributed by atoms with Gasteiger partial charge in [-0.1, -0.05) is 0 Å². The largest absolute Gasteiger partial charge is 0.478 e. The van der Waals surface area contributed by atoms with Gasteiger partial charge in [-0.15, -0.1) is 11.3 Å². The third kappa shape index (κ3) is 3.89. The summed E-state index contributed by atoms with van der Waals surface area (Å²) >= 11 is 1.33. The van der Waals surface area contributed by atoms with E-state index in [0.717, 1.165) is 5.01 Å². The van der Waals surface area contributed by atoms with Crippen LogP contribution >= 0.6 is 11.3 Å². The van der Waals surface area contributed by atoms with Crippen molar-refractivity contribution in [2.75, 3.05) is 18.5 Å². The Morgan fingerprint density at radius 2 is 2.35 bits per heavy atom. The molecule has 7 nitrogen and oxygen atoms in total. The lowest BCUT2D eigenvalue weighted by Crippen LogP contribution is -2.07. The summed E-state index contributed by atoms with van der Waals surface area (Å²) in [4.78, 5) is 22.8. The number of carbonyl (C=O) groups is 1. The highest BCUT2D eigenvalue weighted by Crippen LogP contribution is 2.13. The molecular weight excluding hydrogens is 280 g/mol. The van der Waals surface area contributed by atoms with Crippen molar-refractivity contribution < 1.29 is 14.6 Å². The first-order valence-electron chi connectivity index (χ1n) is 6.05. The SMILES string of the molecule is CCOc1cc(NCCc2nc(C(=O)O)cs2)ncn1. The van der Waals surface area contributed by atoms with Gasteiger partial charge in [0.1, 0.15) is 12.1 Å². The first kappa shape index (κ1) is 14.2. The van der Waals surface area contributed by atoms with Crippen LogP contribution in [-0.4, -0.2) is 39.2 Å². The van der Waals surface area contributed by atoms with Crippen molar-refractivity contribution in [2.24, 2.45) is 0 Å². The van der Waals surface area contributed by atoms with E-state index < -0.39 is 5.97 Å². The van der Waals surface area contributed by atoms with E-state index in [-0.39, 0.29) is 5.69 Å². The Labute approximate surface area is 119 Å². The van der Waals surface area contributed by atoms with E-state index in [2.05, 4.69) is 20.3 Å². The smallest absolute Gasteiger partial charge is 0.355 e. The molecule has 20 heavy (non-hydrogen) atoms. The molecular formula is C12H14N4O3S. The van der Waals surface area contributed by atoms with E-state index in [1.54, 1.807) is 6.07 Å². The fraction of sp³-hybridized carbons (Fsp3) is 0.333. The van der Waals surface area contributed by atoms with Gasteiger partial charge in [-0.25, -0.2) is 19.7 Å². The third-order valence-corrected chi connectivity index (χ3v) is 3.26. The molecule has 0 amide bonds. The quantitative estimate of drug-likeness (QED) is 0.801. The lowest BCUT2D eigenvalue weighted by molar-refractivity contribution is 0.0691. The normalized spacial score (nSPS) is 10.2. The summed E-state index contributed by atoms with van der Waals surface area (Å²) in [5, 5.41) is 14.2. The van der Waals surface area contributed by atoms with Crippen molar-refractivity contribution in [3.05, 3.63) is 28.5 Å². The monoisotopic (exact) mass is 294 g/mol. The summed E-state index contributed by atoms with van der Waals surface area (Å²) in [6, 6.07) is 1.72. The number of ether oxygens (including phenoxy) is 1. The van der Waals surface area contributed by atoms with Gasteiger partial charge in [-0.2, -0.15) is 0 Å². The molecule has 2 aromatic heterocycles. The molecule has 2 heterocycles. The Kier molecular flexibility index (Phi) is 4.83. The molecule has 0 spiro atoms. The predicted octanol–water partition coefficient (Wildman–Crippen LogP) is 1.68. The number of carboxylic acids is 1. The number of aromatic nitrogens is 3. The van der Waals surface area contributed by atoms with Crippen LogP contribution in [0.2, 0.25) is 0 Å². The summed E-state index contributed by atoms with van der Waals surface area (Å²) in [7, 11) is 0. The maximum Gasteiger partial charge on any atom is 0.355 e. The summed E-state index contributed by atoms with van der Waals surface area (Å²) in [6.07, 6.45) is 2.06. The van der Waals surface area contributed by atoms with Gasteiger partial charge in [0.25, 0.3) is 0 Å². The van der Waals surface area contributed by atoms with Gasteiger partial charge in [0.05, 0.1) is 11.6 Å². The number of hydrogen-bond donors (Lipinski definition) is 2. The van der Waals surface area contributed by atoms with Crippen LogP contribution in [0.5, 0.6) is 5.88 Å². The molecule has 0 saturated heterocycles. The maximum atomic E-state index is 10.7. The lowest BCUT2D eigenvalue weighted by atomic mass is 10.4. The molecule has 0 bridgehead atoms. The molecule has 0 unspecified atom stereocenters. The van der Waals surface area contributed by atoms with Gasteiger partial charge in [0, 0.05) is 24.4 Å². The molecule has 0 fully saturated rings. The Balaban J connectivity index is 1.85. The van der Waals surface area contributed by atoms with Crippen LogP contribution in [0.4, 0.5) is 5.82 Å². The second kappa shape index (κ2) is 6.80. The van der Waals surface area contributed by atoms with E-state index in [1.165, 1.54) is 23.0 Å². The van der Waals surface area contributed by atoms with Crippen LogP contribution in [0.15, 0.2) is 17.8 Å². The molecule has 8 heteroatoms. The zero-order valence-electron chi connectivity index (χ0n) is 10.9. The Morgan fingerprint density at radius 3 is 3.05 bits per heavy atom. The van der Waals surface area contributed by atoms with Gasteiger partial charge in [-0.3, -0.25) is 0 Å². The van der Waals surface area contributed by atoms with Gasteiger partial charge in [0.15, 0.2) is 5.69 Å². The molecule has 2 rings (SSSR count). The van der Waals surface area contributed by atoms with Crippen molar-refractivity contribution in [3.63, 3.8) is 0 Å². The minimum absolute atomic E-state index is 0.0886. The number of nitrogens with zero attached hydrogens (tertiary/aromatic N) is 3. The van der Waals surface area contributed by atoms with Gasteiger partial charge in [-0.05, 0) is 6.92 Å². The van der Waals surface area contributed by atoms with Crippen molar-refractivity contribution in [1.82, 2.24) is 15.0 Å². The molecule has 0 radical (unpaired) electrons. The predicted molar refractivity (Wildman–Crippen MR) is 74.5 cm³/mol. The number of anilines is 1. The molecule has 0 saturated carbocycles. The number of nitrogens with one attached hydrogen (secondary N) is 1. The fourth-order valence-electron chi connectivity index (χ4n) is 1.48. The van der Waals surface area contributed by atoms with Crippen molar-refractivity contribution in [3.8, 4) is 5.88 Å². The van der Waals surface area contributed by atoms with Gasteiger partial charge in [0.2, 0.25) is 5.88 Å². The molecule has 0 aromatic carbocycles. The second-order valence-corrected chi connectivity index (χ2v) is 4.73. The van der Waals surface area contributed by atoms with Gasteiger partial charge < -0.3 is 15.2 Å². The average Bonchev–Trinajstić information content (AvgIpc) is 2.89. The molecule has 0 aliphatic carbocycles. The summed E-state index contributed by atoms with van der Waals surface area (Å²) in [6.45, 7) is 3.04. The molecule has 0 aliphatic rings. The minimum Gasteiger partial charge on any atom is -0.478 e. The van der Waals surface area contributed by atoms with Crippen LogP contribution in [0.25, 0.3) is 0 Å². The first-order valence-corrected chi connectivity index (χ1v) is 6.93. The Hall–Kier alpha value is -2.22. The van der Waals surface area contributed by atoms with Crippen molar-refractivity contribution >= 4 is 23.1 Å². The van der Waals surface area contributed by atoms with Crippen LogP contribution in [-0.2, 0) is 6.42 Å². The van der Waals surface area contributed by atoms with E-state index in [4.69, 9.17) is 9.84 Å². The maximum absolute atomic E-state index is 10.7. The molecule has 106 valence electrons. The first-order chi connectivity index (χ1) is 9.69. The molecule has 0 aliphatic heterocycles. The minimum atomic E-state index is -1.00. The van der Waals surface area contributed by atoms with E-state index >= 15 is 0 Å².